The number of anilines is 1. The Morgan fingerprint density at radius 2 is 1.83 bits per heavy atom. The molecule has 5 nitrogen and oxygen atoms in total. The van der Waals surface area contributed by atoms with E-state index in [0.29, 0.717) is 19.5 Å². The Morgan fingerprint density at radius 1 is 1.13 bits per heavy atom. The molecule has 0 aromatic heterocycles. The van der Waals surface area contributed by atoms with Gasteiger partial charge in [-0.15, -0.1) is 0 Å². The van der Waals surface area contributed by atoms with E-state index in [0.717, 1.165) is 13.1 Å². The van der Waals surface area contributed by atoms with E-state index in [2.05, 4.69) is 36.9 Å². The summed E-state index contributed by atoms with van der Waals surface area (Å²) < 4.78 is 23.1. The normalized spacial score (nSPS) is 24.0. The number of nitrogens with zero attached hydrogens (tertiary/aromatic N) is 2. The highest BCUT2D eigenvalue weighted by molar-refractivity contribution is 7.91. The maximum atomic E-state index is 12.5. The average molecular weight is 336 g/mol. The molecule has 1 atom stereocenters. The van der Waals surface area contributed by atoms with Crippen LogP contribution in [0.4, 0.5) is 5.69 Å². The number of hydrogen-bond donors (Lipinski definition) is 0. The SMILES string of the molecule is Cc1cccc(N2CCN(C(=O)[C@H]3CCS(=O)(=O)C3)CC2)c1C. The minimum Gasteiger partial charge on any atom is -0.368 e. The van der Waals surface area contributed by atoms with Crippen molar-refractivity contribution in [3.05, 3.63) is 29.3 Å². The highest BCUT2D eigenvalue weighted by atomic mass is 32.2. The lowest BCUT2D eigenvalue weighted by atomic mass is 10.1. The summed E-state index contributed by atoms with van der Waals surface area (Å²) >= 11 is 0. The molecule has 2 heterocycles. The Morgan fingerprint density at radius 3 is 2.43 bits per heavy atom. The lowest BCUT2D eigenvalue weighted by Crippen LogP contribution is -2.50. The second-order valence-corrected chi connectivity index (χ2v) is 8.86. The van der Waals surface area contributed by atoms with Gasteiger partial charge in [-0.25, -0.2) is 8.42 Å². The van der Waals surface area contributed by atoms with Crippen molar-refractivity contribution in [1.29, 1.82) is 0 Å². The molecular weight excluding hydrogens is 312 g/mol. The van der Waals surface area contributed by atoms with Crippen LogP contribution in [0, 0.1) is 19.8 Å². The summed E-state index contributed by atoms with van der Waals surface area (Å²) in [6.45, 7) is 7.18. The summed E-state index contributed by atoms with van der Waals surface area (Å²) in [6.07, 6.45) is 0.484. The molecule has 0 N–H and O–H groups in total. The van der Waals surface area contributed by atoms with Gasteiger partial charge in [0, 0.05) is 31.9 Å². The molecule has 1 amide bonds. The Hall–Kier alpha value is -1.56. The first-order chi connectivity index (χ1) is 10.9. The third-order valence-corrected chi connectivity index (χ3v) is 6.86. The van der Waals surface area contributed by atoms with Crippen LogP contribution in [0.15, 0.2) is 18.2 Å². The first-order valence-corrected chi connectivity index (χ1v) is 10.00. The molecular formula is C17H24N2O3S. The van der Waals surface area contributed by atoms with Crippen LogP contribution in [0.25, 0.3) is 0 Å². The zero-order valence-corrected chi connectivity index (χ0v) is 14.6. The quantitative estimate of drug-likeness (QED) is 0.819. The molecule has 0 spiro atoms. The number of piperazine rings is 1. The van der Waals surface area contributed by atoms with Gasteiger partial charge in [0.2, 0.25) is 5.91 Å². The Labute approximate surface area is 138 Å². The van der Waals surface area contributed by atoms with Gasteiger partial charge >= 0.3 is 0 Å². The third-order valence-electron chi connectivity index (χ3n) is 5.09. The van der Waals surface area contributed by atoms with E-state index in [1.807, 2.05) is 4.90 Å². The molecule has 126 valence electrons. The summed E-state index contributed by atoms with van der Waals surface area (Å²) in [7, 11) is -3.00. The van der Waals surface area contributed by atoms with Crippen molar-refractivity contribution in [3.8, 4) is 0 Å². The number of amides is 1. The smallest absolute Gasteiger partial charge is 0.226 e. The molecule has 0 saturated carbocycles. The third kappa shape index (κ3) is 3.37. The number of carbonyl (C=O) groups excluding carboxylic acids is 1. The fourth-order valence-electron chi connectivity index (χ4n) is 3.49. The van der Waals surface area contributed by atoms with Gasteiger partial charge < -0.3 is 9.80 Å². The van der Waals surface area contributed by atoms with Crippen LogP contribution in [-0.4, -0.2) is 56.9 Å². The highest BCUT2D eigenvalue weighted by Crippen LogP contribution is 2.25. The Kier molecular flexibility index (Phi) is 4.36. The lowest BCUT2D eigenvalue weighted by Gasteiger charge is -2.38. The zero-order valence-electron chi connectivity index (χ0n) is 13.8. The van der Waals surface area contributed by atoms with Gasteiger partial charge in [-0.05, 0) is 37.5 Å². The molecule has 2 aliphatic rings. The molecule has 2 fully saturated rings. The predicted octanol–water partition coefficient (Wildman–Crippen LogP) is 1.39. The minimum absolute atomic E-state index is 0.0201. The molecule has 0 bridgehead atoms. The van der Waals surface area contributed by atoms with Crippen molar-refractivity contribution in [2.24, 2.45) is 5.92 Å². The number of rotatable bonds is 2. The average Bonchev–Trinajstić information content (AvgIpc) is 2.90. The van der Waals surface area contributed by atoms with Crippen molar-refractivity contribution in [2.75, 3.05) is 42.6 Å². The van der Waals surface area contributed by atoms with E-state index in [1.54, 1.807) is 0 Å². The molecule has 0 radical (unpaired) electrons. The lowest BCUT2D eigenvalue weighted by molar-refractivity contribution is -0.135. The first kappa shape index (κ1) is 16.3. The standard InChI is InChI=1S/C17H24N2O3S/c1-13-4-3-5-16(14(13)2)18-7-9-19(10-8-18)17(20)15-6-11-23(21,22)12-15/h3-5,15H,6-12H2,1-2H3/t15-/m0/s1. The number of sulfone groups is 1. The largest absolute Gasteiger partial charge is 0.368 e. The van der Waals surface area contributed by atoms with Crippen molar-refractivity contribution in [2.45, 2.75) is 20.3 Å². The Balaban J connectivity index is 1.62. The number of aryl methyl sites for hydroxylation is 1. The zero-order chi connectivity index (χ0) is 16.6. The van der Waals surface area contributed by atoms with Crippen LogP contribution in [-0.2, 0) is 14.6 Å². The highest BCUT2D eigenvalue weighted by Gasteiger charge is 2.36. The van der Waals surface area contributed by atoms with Crippen LogP contribution in [0.3, 0.4) is 0 Å². The van der Waals surface area contributed by atoms with Gasteiger partial charge in [-0.3, -0.25) is 4.79 Å². The summed E-state index contributed by atoms with van der Waals surface area (Å²) in [5.74, 6) is -0.117. The van der Waals surface area contributed by atoms with Crippen molar-refractivity contribution < 1.29 is 13.2 Å². The van der Waals surface area contributed by atoms with Gasteiger partial charge in [-0.2, -0.15) is 0 Å². The van der Waals surface area contributed by atoms with E-state index < -0.39 is 9.84 Å². The number of benzene rings is 1. The fraction of sp³-hybridized carbons (Fsp3) is 0.588. The van der Waals surface area contributed by atoms with Crippen LogP contribution in [0.1, 0.15) is 17.5 Å². The minimum atomic E-state index is -3.00. The molecule has 2 saturated heterocycles. The van der Waals surface area contributed by atoms with Crippen molar-refractivity contribution in [3.63, 3.8) is 0 Å². The van der Waals surface area contributed by atoms with Gasteiger partial charge in [-0.1, -0.05) is 12.1 Å². The van der Waals surface area contributed by atoms with E-state index in [4.69, 9.17) is 0 Å². The predicted molar refractivity (Wildman–Crippen MR) is 91.5 cm³/mol. The van der Waals surface area contributed by atoms with E-state index in [9.17, 15) is 13.2 Å². The number of carbonyl (C=O) groups is 1. The van der Waals surface area contributed by atoms with Crippen molar-refractivity contribution >= 4 is 21.4 Å². The molecule has 2 aliphatic heterocycles. The maximum absolute atomic E-state index is 12.5. The fourth-order valence-corrected chi connectivity index (χ4v) is 5.23. The van der Waals surface area contributed by atoms with Gasteiger partial charge in [0.25, 0.3) is 0 Å². The van der Waals surface area contributed by atoms with E-state index in [1.165, 1.54) is 16.8 Å². The summed E-state index contributed by atoms with van der Waals surface area (Å²) in [5.41, 5.74) is 3.80. The van der Waals surface area contributed by atoms with Crippen LogP contribution in [0.2, 0.25) is 0 Å². The van der Waals surface area contributed by atoms with E-state index >= 15 is 0 Å². The van der Waals surface area contributed by atoms with Crippen LogP contribution in [0.5, 0.6) is 0 Å². The van der Waals surface area contributed by atoms with Crippen molar-refractivity contribution in [1.82, 2.24) is 4.90 Å². The molecule has 0 unspecified atom stereocenters. The molecule has 0 aliphatic carbocycles. The van der Waals surface area contributed by atoms with Crippen LogP contribution >= 0.6 is 0 Å². The molecule has 3 rings (SSSR count). The first-order valence-electron chi connectivity index (χ1n) is 8.18. The molecule has 1 aromatic carbocycles. The summed E-state index contributed by atoms with van der Waals surface area (Å²) in [4.78, 5) is 16.7. The maximum Gasteiger partial charge on any atom is 0.226 e. The van der Waals surface area contributed by atoms with E-state index in [-0.39, 0.29) is 23.3 Å². The molecule has 6 heteroatoms. The summed E-state index contributed by atoms with van der Waals surface area (Å²) in [6, 6.07) is 6.31. The van der Waals surface area contributed by atoms with Crippen LogP contribution < -0.4 is 4.90 Å². The molecule has 1 aromatic rings. The second kappa shape index (κ2) is 6.15. The number of hydrogen-bond acceptors (Lipinski definition) is 4. The topological polar surface area (TPSA) is 57.7 Å². The van der Waals surface area contributed by atoms with Gasteiger partial charge in [0.1, 0.15) is 0 Å². The Bertz CT molecular complexity index is 707. The van der Waals surface area contributed by atoms with Gasteiger partial charge in [0.15, 0.2) is 9.84 Å². The molecule has 23 heavy (non-hydrogen) atoms. The summed E-state index contributed by atoms with van der Waals surface area (Å²) in [5, 5.41) is 0. The second-order valence-electron chi connectivity index (χ2n) is 6.63. The van der Waals surface area contributed by atoms with Gasteiger partial charge in [0.05, 0.1) is 17.4 Å². The monoisotopic (exact) mass is 336 g/mol.